The van der Waals surface area contributed by atoms with Crippen molar-refractivity contribution in [1.29, 1.82) is 0 Å². The average molecular weight is 402 g/mol. The van der Waals surface area contributed by atoms with Crippen LogP contribution in [0.5, 0.6) is 0 Å². The standard InChI is InChI=1S/C19H17Cl2N5O/c1-19(2)9-14-16(15(27)10-19)17(24-11-4-5-12(20)13(21)8-11)25-26(14)18-22-6-3-7-23-18/h3-8H,9-10H2,1-2H3,(H,24,25). The molecule has 0 saturated carbocycles. The van der Waals surface area contributed by atoms with Gasteiger partial charge in [-0.25, -0.2) is 14.6 Å². The van der Waals surface area contributed by atoms with Crippen LogP contribution in [0.2, 0.25) is 10.0 Å². The molecular weight excluding hydrogens is 385 g/mol. The average Bonchev–Trinajstić information content (AvgIpc) is 2.96. The minimum atomic E-state index is -0.155. The Labute approximate surface area is 166 Å². The highest BCUT2D eigenvalue weighted by atomic mass is 35.5. The number of aromatic nitrogens is 4. The molecule has 0 fully saturated rings. The van der Waals surface area contributed by atoms with Gasteiger partial charge < -0.3 is 5.32 Å². The molecule has 0 aliphatic heterocycles. The summed E-state index contributed by atoms with van der Waals surface area (Å²) in [5, 5.41) is 8.69. The normalized spacial score (nSPS) is 15.5. The minimum Gasteiger partial charge on any atom is -0.338 e. The van der Waals surface area contributed by atoms with Crippen molar-refractivity contribution in [2.24, 2.45) is 5.41 Å². The van der Waals surface area contributed by atoms with Gasteiger partial charge in [0.15, 0.2) is 11.6 Å². The summed E-state index contributed by atoms with van der Waals surface area (Å²) in [6.07, 6.45) is 4.45. The molecule has 1 N–H and O–H groups in total. The Morgan fingerprint density at radius 2 is 1.85 bits per heavy atom. The highest BCUT2D eigenvalue weighted by Crippen LogP contribution is 2.39. The first-order chi connectivity index (χ1) is 12.8. The Bertz CT molecular complexity index is 1030. The predicted molar refractivity (Wildman–Crippen MR) is 105 cm³/mol. The van der Waals surface area contributed by atoms with Crippen LogP contribution in [0.1, 0.15) is 36.3 Å². The van der Waals surface area contributed by atoms with Gasteiger partial charge in [-0.2, -0.15) is 0 Å². The van der Waals surface area contributed by atoms with Crippen LogP contribution in [-0.4, -0.2) is 25.5 Å². The van der Waals surface area contributed by atoms with Gasteiger partial charge in [0, 0.05) is 24.5 Å². The van der Waals surface area contributed by atoms with Gasteiger partial charge >= 0.3 is 0 Å². The summed E-state index contributed by atoms with van der Waals surface area (Å²) < 4.78 is 1.65. The molecule has 138 valence electrons. The van der Waals surface area contributed by atoms with Gasteiger partial charge in [0.05, 0.1) is 21.3 Å². The summed E-state index contributed by atoms with van der Waals surface area (Å²) in [7, 11) is 0. The molecule has 1 aliphatic rings. The quantitative estimate of drug-likeness (QED) is 0.677. The van der Waals surface area contributed by atoms with Gasteiger partial charge in [0.25, 0.3) is 5.95 Å². The summed E-state index contributed by atoms with van der Waals surface area (Å²) in [5.41, 5.74) is 1.93. The molecule has 6 nitrogen and oxygen atoms in total. The molecule has 0 atom stereocenters. The van der Waals surface area contributed by atoms with Gasteiger partial charge in [-0.05, 0) is 36.1 Å². The summed E-state index contributed by atoms with van der Waals surface area (Å²) in [6.45, 7) is 4.15. The van der Waals surface area contributed by atoms with Crippen LogP contribution in [0, 0.1) is 5.41 Å². The van der Waals surface area contributed by atoms with E-state index < -0.39 is 0 Å². The monoisotopic (exact) mass is 401 g/mol. The van der Waals surface area contributed by atoms with E-state index >= 15 is 0 Å². The maximum atomic E-state index is 12.9. The van der Waals surface area contributed by atoms with E-state index in [1.165, 1.54) is 0 Å². The van der Waals surface area contributed by atoms with Crippen LogP contribution in [0.25, 0.3) is 5.95 Å². The van der Waals surface area contributed by atoms with Gasteiger partial charge in [0.1, 0.15) is 0 Å². The highest BCUT2D eigenvalue weighted by molar-refractivity contribution is 6.42. The van der Waals surface area contributed by atoms with Crippen molar-refractivity contribution in [2.45, 2.75) is 26.7 Å². The molecule has 27 heavy (non-hydrogen) atoms. The fourth-order valence-electron chi connectivity index (χ4n) is 3.31. The van der Waals surface area contributed by atoms with Crippen LogP contribution in [-0.2, 0) is 6.42 Å². The van der Waals surface area contributed by atoms with Gasteiger partial charge in [-0.3, -0.25) is 4.79 Å². The molecule has 0 unspecified atom stereocenters. The molecule has 0 radical (unpaired) electrons. The first-order valence-electron chi connectivity index (χ1n) is 8.49. The van der Waals surface area contributed by atoms with E-state index in [0.717, 1.165) is 5.69 Å². The lowest BCUT2D eigenvalue weighted by Crippen LogP contribution is -2.28. The van der Waals surface area contributed by atoms with Crippen molar-refractivity contribution in [3.8, 4) is 5.95 Å². The molecule has 2 aromatic heterocycles. The molecule has 4 rings (SSSR count). The van der Waals surface area contributed by atoms with E-state index in [1.54, 1.807) is 41.3 Å². The van der Waals surface area contributed by atoms with Crippen LogP contribution in [0.3, 0.4) is 0 Å². The van der Waals surface area contributed by atoms with E-state index in [9.17, 15) is 4.79 Å². The molecule has 8 heteroatoms. The van der Waals surface area contributed by atoms with E-state index in [0.29, 0.717) is 45.9 Å². The fraction of sp³-hybridized carbons (Fsp3) is 0.263. The SMILES string of the molecule is CC1(C)CC(=O)c2c(Nc3ccc(Cl)c(Cl)c3)nn(-c3ncccn3)c2C1. The number of carbonyl (C=O) groups excluding carboxylic acids is 1. The van der Waals surface area contributed by atoms with Crippen molar-refractivity contribution in [3.63, 3.8) is 0 Å². The minimum absolute atomic E-state index is 0.0472. The van der Waals surface area contributed by atoms with Crippen molar-refractivity contribution in [2.75, 3.05) is 5.32 Å². The largest absolute Gasteiger partial charge is 0.338 e. The van der Waals surface area contributed by atoms with E-state index in [2.05, 4.69) is 34.2 Å². The second kappa shape index (κ2) is 6.62. The Hall–Kier alpha value is -2.44. The maximum absolute atomic E-state index is 12.9. The number of fused-ring (bicyclic) bond motifs is 1. The summed E-state index contributed by atoms with van der Waals surface area (Å²) >= 11 is 12.1. The Balaban J connectivity index is 1.84. The van der Waals surface area contributed by atoms with Crippen molar-refractivity contribution in [3.05, 3.63) is 58.0 Å². The maximum Gasteiger partial charge on any atom is 0.250 e. The number of nitrogens with zero attached hydrogens (tertiary/aromatic N) is 4. The molecular formula is C19H17Cl2N5O. The summed E-state index contributed by atoms with van der Waals surface area (Å²) in [6, 6.07) is 6.92. The topological polar surface area (TPSA) is 72.7 Å². The van der Waals surface area contributed by atoms with Crippen molar-refractivity contribution < 1.29 is 4.79 Å². The molecule has 0 bridgehead atoms. The number of carbonyl (C=O) groups is 1. The van der Waals surface area contributed by atoms with E-state index in [-0.39, 0.29) is 11.2 Å². The molecule has 3 aromatic rings. The Morgan fingerprint density at radius 1 is 1.11 bits per heavy atom. The van der Waals surface area contributed by atoms with Crippen molar-refractivity contribution in [1.82, 2.24) is 19.7 Å². The van der Waals surface area contributed by atoms with Crippen LogP contribution < -0.4 is 5.32 Å². The molecule has 2 heterocycles. The summed E-state index contributed by atoms with van der Waals surface area (Å²) in [5.74, 6) is 0.948. The van der Waals surface area contributed by atoms with Crippen LogP contribution in [0.15, 0.2) is 36.7 Å². The summed E-state index contributed by atoms with van der Waals surface area (Å²) in [4.78, 5) is 21.5. The number of benzene rings is 1. The molecule has 1 aliphatic carbocycles. The first kappa shape index (κ1) is 17.9. The number of halogens is 2. The highest BCUT2D eigenvalue weighted by Gasteiger charge is 2.37. The zero-order chi connectivity index (χ0) is 19.2. The number of nitrogens with one attached hydrogen (secondary N) is 1. The number of rotatable bonds is 3. The lowest BCUT2D eigenvalue weighted by atomic mass is 9.76. The number of ketones is 1. The number of Topliss-reactive ketones (excluding diaryl/α,β-unsaturated/α-hetero) is 1. The predicted octanol–water partition coefficient (Wildman–Crippen LogP) is 4.87. The number of hydrogen-bond donors (Lipinski definition) is 1. The lowest BCUT2D eigenvalue weighted by molar-refractivity contribution is 0.0911. The second-order valence-electron chi connectivity index (χ2n) is 7.33. The van der Waals surface area contributed by atoms with Crippen LogP contribution in [0.4, 0.5) is 11.5 Å². The number of anilines is 2. The third kappa shape index (κ3) is 3.42. The van der Waals surface area contributed by atoms with Gasteiger partial charge in [-0.1, -0.05) is 37.0 Å². The van der Waals surface area contributed by atoms with E-state index in [4.69, 9.17) is 23.2 Å². The van der Waals surface area contributed by atoms with Crippen LogP contribution >= 0.6 is 23.2 Å². The molecule has 0 saturated heterocycles. The third-order valence-electron chi connectivity index (χ3n) is 4.47. The smallest absolute Gasteiger partial charge is 0.250 e. The van der Waals surface area contributed by atoms with E-state index in [1.807, 2.05) is 0 Å². The second-order valence-corrected chi connectivity index (χ2v) is 8.14. The molecule has 0 spiro atoms. The molecule has 0 amide bonds. The third-order valence-corrected chi connectivity index (χ3v) is 5.21. The number of hydrogen-bond acceptors (Lipinski definition) is 5. The Morgan fingerprint density at radius 3 is 2.56 bits per heavy atom. The Kier molecular flexibility index (Phi) is 4.40. The zero-order valence-corrected chi connectivity index (χ0v) is 16.3. The van der Waals surface area contributed by atoms with Gasteiger partial charge in [0.2, 0.25) is 0 Å². The van der Waals surface area contributed by atoms with Crippen molar-refractivity contribution >= 4 is 40.5 Å². The lowest BCUT2D eigenvalue weighted by Gasteiger charge is -2.28. The zero-order valence-electron chi connectivity index (χ0n) is 14.8. The van der Waals surface area contributed by atoms with Gasteiger partial charge in [-0.15, -0.1) is 5.10 Å². The first-order valence-corrected chi connectivity index (χ1v) is 9.24. The fourth-order valence-corrected chi connectivity index (χ4v) is 3.61. The molecule has 1 aromatic carbocycles.